The Morgan fingerprint density at radius 1 is 1.40 bits per heavy atom. The molecule has 0 heterocycles. The molecule has 4 nitrogen and oxygen atoms in total. The zero-order chi connectivity index (χ0) is 14.6. The summed E-state index contributed by atoms with van der Waals surface area (Å²) < 4.78 is 5.97. The first-order valence-corrected chi connectivity index (χ1v) is 7.22. The lowest BCUT2D eigenvalue weighted by Crippen LogP contribution is -2.30. The van der Waals surface area contributed by atoms with Crippen molar-refractivity contribution in [3.8, 4) is 0 Å². The average molecular weight is 276 g/mol. The van der Waals surface area contributed by atoms with Gasteiger partial charge >= 0.3 is 0 Å². The summed E-state index contributed by atoms with van der Waals surface area (Å²) in [6.45, 7) is 5.19. The minimum Gasteiger partial charge on any atom is -0.374 e. The SMILES string of the molecule is CC1(C)CCC(OCc2cccc(C(=O)NN)c2)CC1. The summed E-state index contributed by atoms with van der Waals surface area (Å²) in [5.74, 6) is 4.87. The van der Waals surface area contributed by atoms with Gasteiger partial charge in [-0.1, -0.05) is 26.0 Å². The van der Waals surface area contributed by atoms with Crippen molar-refractivity contribution in [3.63, 3.8) is 0 Å². The zero-order valence-corrected chi connectivity index (χ0v) is 12.3. The Bertz CT molecular complexity index is 461. The van der Waals surface area contributed by atoms with E-state index in [1.54, 1.807) is 6.07 Å². The smallest absolute Gasteiger partial charge is 0.265 e. The third-order valence-corrected chi connectivity index (χ3v) is 4.09. The molecule has 1 aromatic rings. The number of carbonyl (C=O) groups is 1. The number of hydrogen-bond acceptors (Lipinski definition) is 3. The molecule has 0 spiro atoms. The van der Waals surface area contributed by atoms with Gasteiger partial charge in [-0.15, -0.1) is 0 Å². The van der Waals surface area contributed by atoms with E-state index in [0.29, 0.717) is 23.7 Å². The Hall–Kier alpha value is -1.39. The monoisotopic (exact) mass is 276 g/mol. The van der Waals surface area contributed by atoms with E-state index in [4.69, 9.17) is 10.6 Å². The Kier molecular flexibility index (Phi) is 4.78. The molecule has 2 rings (SSSR count). The van der Waals surface area contributed by atoms with E-state index in [-0.39, 0.29) is 5.91 Å². The van der Waals surface area contributed by atoms with Gasteiger partial charge in [-0.25, -0.2) is 5.84 Å². The maximum absolute atomic E-state index is 11.5. The number of amides is 1. The van der Waals surface area contributed by atoms with Crippen molar-refractivity contribution in [2.45, 2.75) is 52.2 Å². The molecule has 1 aliphatic rings. The van der Waals surface area contributed by atoms with E-state index >= 15 is 0 Å². The van der Waals surface area contributed by atoms with Crippen molar-refractivity contribution in [3.05, 3.63) is 35.4 Å². The molecular weight excluding hydrogens is 252 g/mol. The van der Waals surface area contributed by atoms with Gasteiger partial charge in [0.15, 0.2) is 0 Å². The Morgan fingerprint density at radius 3 is 2.75 bits per heavy atom. The highest BCUT2D eigenvalue weighted by Gasteiger charge is 2.27. The highest BCUT2D eigenvalue weighted by molar-refractivity contribution is 5.93. The first-order valence-electron chi connectivity index (χ1n) is 7.22. The predicted molar refractivity (Wildman–Crippen MR) is 78.9 cm³/mol. The van der Waals surface area contributed by atoms with Gasteiger partial charge in [0.25, 0.3) is 5.91 Å². The first-order chi connectivity index (χ1) is 9.50. The summed E-state index contributed by atoms with van der Waals surface area (Å²) in [4.78, 5) is 11.5. The van der Waals surface area contributed by atoms with Crippen LogP contribution in [0.2, 0.25) is 0 Å². The molecule has 3 N–H and O–H groups in total. The van der Waals surface area contributed by atoms with Crippen molar-refractivity contribution < 1.29 is 9.53 Å². The fraction of sp³-hybridized carbons (Fsp3) is 0.562. The Balaban J connectivity index is 1.87. The number of ether oxygens (including phenoxy) is 1. The van der Waals surface area contributed by atoms with Crippen LogP contribution in [0.15, 0.2) is 24.3 Å². The van der Waals surface area contributed by atoms with Crippen LogP contribution in [0.1, 0.15) is 55.5 Å². The van der Waals surface area contributed by atoms with E-state index < -0.39 is 0 Å². The summed E-state index contributed by atoms with van der Waals surface area (Å²) >= 11 is 0. The molecule has 1 saturated carbocycles. The molecule has 20 heavy (non-hydrogen) atoms. The summed E-state index contributed by atoms with van der Waals surface area (Å²) in [6.07, 6.45) is 5.02. The Morgan fingerprint density at radius 2 is 2.10 bits per heavy atom. The van der Waals surface area contributed by atoms with Crippen LogP contribution in [0.3, 0.4) is 0 Å². The fourth-order valence-electron chi connectivity index (χ4n) is 2.64. The third-order valence-electron chi connectivity index (χ3n) is 4.09. The van der Waals surface area contributed by atoms with Gasteiger partial charge in [0, 0.05) is 5.56 Å². The van der Waals surface area contributed by atoms with Crippen LogP contribution in [0.4, 0.5) is 0 Å². The average Bonchev–Trinajstić information content (AvgIpc) is 2.45. The van der Waals surface area contributed by atoms with Crippen LogP contribution in [-0.2, 0) is 11.3 Å². The molecule has 1 fully saturated rings. The number of benzene rings is 1. The molecule has 0 atom stereocenters. The number of nitrogens with one attached hydrogen (secondary N) is 1. The molecule has 0 bridgehead atoms. The summed E-state index contributed by atoms with van der Waals surface area (Å²) in [7, 11) is 0. The van der Waals surface area contributed by atoms with Gasteiger partial charge < -0.3 is 4.74 Å². The van der Waals surface area contributed by atoms with Crippen LogP contribution in [0.5, 0.6) is 0 Å². The molecule has 110 valence electrons. The van der Waals surface area contributed by atoms with Crippen molar-refractivity contribution in [1.82, 2.24) is 5.43 Å². The molecule has 1 aromatic carbocycles. The quantitative estimate of drug-likeness (QED) is 0.505. The van der Waals surface area contributed by atoms with E-state index in [1.165, 1.54) is 12.8 Å². The van der Waals surface area contributed by atoms with Crippen molar-refractivity contribution >= 4 is 5.91 Å². The lowest BCUT2D eigenvalue weighted by atomic mass is 9.76. The second kappa shape index (κ2) is 6.37. The van der Waals surface area contributed by atoms with E-state index in [1.807, 2.05) is 18.2 Å². The summed E-state index contributed by atoms with van der Waals surface area (Å²) in [5.41, 5.74) is 4.18. The van der Waals surface area contributed by atoms with E-state index in [9.17, 15) is 4.79 Å². The van der Waals surface area contributed by atoms with Gasteiger partial charge in [-0.2, -0.15) is 0 Å². The highest BCUT2D eigenvalue weighted by Crippen LogP contribution is 2.36. The molecule has 4 heteroatoms. The number of hydrazine groups is 1. The maximum atomic E-state index is 11.5. The topological polar surface area (TPSA) is 64.3 Å². The van der Waals surface area contributed by atoms with Crippen molar-refractivity contribution in [1.29, 1.82) is 0 Å². The minimum atomic E-state index is -0.272. The highest BCUT2D eigenvalue weighted by atomic mass is 16.5. The van der Waals surface area contributed by atoms with Gasteiger partial charge in [-0.05, 0) is 48.8 Å². The van der Waals surface area contributed by atoms with Crippen LogP contribution in [0, 0.1) is 5.41 Å². The molecule has 0 unspecified atom stereocenters. The van der Waals surface area contributed by atoms with Gasteiger partial charge in [0.05, 0.1) is 12.7 Å². The summed E-state index contributed by atoms with van der Waals surface area (Å²) in [6, 6.07) is 7.40. The maximum Gasteiger partial charge on any atom is 0.265 e. The second-order valence-corrected chi connectivity index (χ2v) is 6.35. The van der Waals surface area contributed by atoms with Crippen molar-refractivity contribution in [2.75, 3.05) is 0 Å². The first kappa shape index (κ1) is 15.0. The minimum absolute atomic E-state index is 0.272. The second-order valence-electron chi connectivity index (χ2n) is 6.35. The van der Waals surface area contributed by atoms with Crippen LogP contribution < -0.4 is 11.3 Å². The molecule has 0 saturated heterocycles. The number of nitrogens with two attached hydrogens (primary N) is 1. The normalized spacial score (nSPS) is 18.8. The van der Waals surface area contributed by atoms with Crippen LogP contribution in [0.25, 0.3) is 0 Å². The largest absolute Gasteiger partial charge is 0.374 e. The molecule has 1 amide bonds. The number of nitrogen functional groups attached to an aromatic ring is 1. The third kappa shape index (κ3) is 4.05. The standard InChI is InChI=1S/C16H24N2O2/c1-16(2)8-6-14(7-9-16)20-11-12-4-3-5-13(10-12)15(19)18-17/h3-5,10,14H,6-9,11,17H2,1-2H3,(H,18,19). The number of hydrogen-bond donors (Lipinski definition) is 2. The van der Waals surface area contributed by atoms with Crippen LogP contribution in [-0.4, -0.2) is 12.0 Å². The molecule has 0 aromatic heterocycles. The molecule has 1 aliphatic carbocycles. The van der Waals surface area contributed by atoms with Crippen molar-refractivity contribution in [2.24, 2.45) is 11.3 Å². The molecule has 0 aliphatic heterocycles. The zero-order valence-electron chi connectivity index (χ0n) is 12.3. The van der Waals surface area contributed by atoms with E-state index in [2.05, 4.69) is 19.3 Å². The van der Waals surface area contributed by atoms with Crippen LogP contribution >= 0.6 is 0 Å². The Labute approximate surface area is 120 Å². The summed E-state index contributed by atoms with van der Waals surface area (Å²) in [5, 5.41) is 0. The lowest BCUT2D eigenvalue weighted by Gasteiger charge is -2.34. The van der Waals surface area contributed by atoms with Gasteiger partial charge in [0.2, 0.25) is 0 Å². The fourth-order valence-corrected chi connectivity index (χ4v) is 2.64. The van der Waals surface area contributed by atoms with E-state index in [0.717, 1.165) is 18.4 Å². The lowest BCUT2D eigenvalue weighted by molar-refractivity contribution is -0.00559. The molecular formula is C16H24N2O2. The predicted octanol–water partition coefficient (Wildman–Crippen LogP) is 2.78. The number of carbonyl (C=O) groups excluding carboxylic acids is 1. The van der Waals surface area contributed by atoms with Gasteiger partial charge in [0.1, 0.15) is 0 Å². The van der Waals surface area contributed by atoms with Gasteiger partial charge in [-0.3, -0.25) is 10.2 Å². The number of rotatable bonds is 4. The molecule has 0 radical (unpaired) electrons.